The molecule has 13 heteroatoms. The Morgan fingerprint density at radius 3 is 0.825 bits per heavy atom. The molecule has 0 aliphatic heterocycles. The molecule has 0 fully saturated rings. The molecule has 0 saturated heterocycles. The van der Waals surface area contributed by atoms with Crippen LogP contribution in [0.3, 0.4) is 0 Å². The summed E-state index contributed by atoms with van der Waals surface area (Å²) in [5, 5.41) is 2.44. The van der Waals surface area contributed by atoms with Gasteiger partial charge in [-0.1, -0.05) is 244 Å². The largest absolute Gasteiger partial charge is 0.309 e. The number of pyridine rings is 4. The molecule has 137 heavy (non-hydrogen) atoms. The minimum Gasteiger partial charge on any atom is -0.309 e. The lowest BCUT2D eigenvalue weighted by Crippen LogP contribution is -2.25. The van der Waals surface area contributed by atoms with E-state index in [1.54, 1.807) is 49.6 Å². The maximum absolute atomic E-state index is 5.07. The van der Waals surface area contributed by atoms with Crippen LogP contribution in [0.4, 0.5) is 0 Å². The summed E-state index contributed by atoms with van der Waals surface area (Å²) >= 11 is 0. The first kappa shape index (κ1) is 80.8. The molecule has 9 heterocycles. The van der Waals surface area contributed by atoms with Gasteiger partial charge in [-0.3, -0.25) is 0 Å². The third-order valence-corrected chi connectivity index (χ3v) is 27.4. The summed E-state index contributed by atoms with van der Waals surface area (Å²) in [5.74, 6) is 0. The highest BCUT2D eigenvalue weighted by molar-refractivity contribution is 6.13. The summed E-state index contributed by atoms with van der Waals surface area (Å²) in [6, 6.07) is 139. The average molecular weight is 1750 g/mol. The van der Waals surface area contributed by atoms with Crippen molar-refractivity contribution in [2.45, 2.75) is 24.7 Å². The second-order valence-electron chi connectivity index (χ2n) is 35.7. The summed E-state index contributed by atoms with van der Waals surface area (Å²) in [4.78, 5) is 54.1. The molecule has 0 saturated carbocycles. The molecule has 9 aromatic heterocycles. The molecule has 3 aliphatic rings. The molecular weight excluding hydrogens is 1670 g/mol. The van der Waals surface area contributed by atoms with Crippen LogP contribution in [0.1, 0.15) is 47.2 Å². The Bertz CT molecular complexity index is 8350. The lowest BCUT2D eigenvalue weighted by Gasteiger charge is -2.30. The Morgan fingerprint density at radius 2 is 0.453 bits per heavy atom. The quantitative estimate of drug-likeness (QED) is 0.0957. The van der Waals surface area contributed by atoms with Gasteiger partial charge in [0.1, 0.15) is 25.3 Å². The second kappa shape index (κ2) is 33.6. The number of hydrogen-bond donors (Lipinski definition) is 0. The van der Waals surface area contributed by atoms with Crippen molar-refractivity contribution in [2.75, 3.05) is 0 Å². The van der Waals surface area contributed by atoms with E-state index in [-0.39, 0.29) is 5.41 Å². The molecule has 13 nitrogen and oxygen atoms in total. The molecule has 0 N–H and O–H groups in total. The standard InChI is InChI=1S/C63H43N7.C61H38N6/c1-63(2)55-19-7-6-18-51(55)52-32-54-53-31-42(24-25-61(53)70(62(54)33-56(52)63)50-16-4-3-5-17-50)47-29-45(40-12-8-14-43(26-40)57-20-10-22-59(68-57)48-34-64-38-65-35-48)28-46(30-47)41-13-9-15-44(27-41)58-21-11-23-60(69-58)49-36-66-39-67-37-49;1-4-18-53-49(15-1)50-16-2-5-19-54(50)61(53)55-20-6-3-17-51(55)52-26-25-41(32-56(52)61)46-30-44(39-11-7-13-42(27-39)57-21-9-23-59(66-57)47-33-62-37-63-34-47)29-45(31-46)40-12-8-14-43(28-40)58-22-10-24-60(67-58)48-35-64-38-65-36-48/h3-39H,1-2H3;1-38H. The predicted molar refractivity (Wildman–Crippen MR) is 551 cm³/mol. The van der Waals surface area contributed by atoms with Crippen molar-refractivity contribution < 1.29 is 0 Å². The normalized spacial score (nSPS) is 12.6. The predicted octanol–water partition coefficient (Wildman–Crippen LogP) is 29.2. The van der Waals surface area contributed by atoms with Gasteiger partial charge in [0.05, 0.1) is 62.0 Å². The summed E-state index contributed by atoms with van der Waals surface area (Å²) in [6.07, 6.45) is 20.5. The molecule has 3 aliphatic carbocycles. The van der Waals surface area contributed by atoms with E-state index in [0.717, 1.165) is 163 Å². The molecule has 0 radical (unpaired) electrons. The van der Waals surface area contributed by atoms with Crippen LogP contribution in [-0.2, 0) is 10.8 Å². The fourth-order valence-corrected chi connectivity index (χ4v) is 21.0. The highest BCUT2D eigenvalue weighted by atomic mass is 15.0. The minimum absolute atomic E-state index is 0.125. The van der Waals surface area contributed by atoms with Crippen molar-refractivity contribution in [3.05, 3.63) is 490 Å². The van der Waals surface area contributed by atoms with Gasteiger partial charge in [-0.15, -0.1) is 0 Å². The van der Waals surface area contributed by atoms with E-state index in [1.807, 2.05) is 48.5 Å². The lowest BCUT2D eigenvalue weighted by atomic mass is 9.70. The fraction of sp³-hybridized carbons (Fsp3) is 0.0323. The number of aromatic nitrogens is 13. The number of nitrogens with zero attached hydrogens (tertiary/aromatic N) is 13. The summed E-state index contributed by atoms with van der Waals surface area (Å²) in [5.41, 5.74) is 46.5. The molecule has 0 atom stereocenters. The first-order chi connectivity index (χ1) is 67.6. The average Bonchev–Trinajstić information content (AvgIpc) is 1.50. The Kier molecular flexibility index (Phi) is 19.8. The molecule has 14 aromatic carbocycles. The van der Waals surface area contributed by atoms with Crippen LogP contribution in [0.15, 0.2) is 457 Å². The van der Waals surface area contributed by atoms with Crippen molar-refractivity contribution in [3.63, 3.8) is 0 Å². The van der Waals surface area contributed by atoms with Crippen LogP contribution in [0.2, 0.25) is 0 Å². The first-order valence-electron chi connectivity index (χ1n) is 46.0. The van der Waals surface area contributed by atoms with Crippen molar-refractivity contribution in [1.82, 2.24) is 64.4 Å². The van der Waals surface area contributed by atoms with Crippen molar-refractivity contribution in [3.8, 4) is 196 Å². The van der Waals surface area contributed by atoms with Gasteiger partial charge >= 0.3 is 0 Å². The Balaban J connectivity index is 0.000000146. The van der Waals surface area contributed by atoms with E-state index in [9.17, 15) is 0 Å². The number of benzene rings is 14. The number of hydrogen-bond acceptors (Lipinski definition) is 12. The minimum atomic E-state index is -0.445. The van der Waals surface area contributed by atoms with Crippen LogP contribution in [0.5, 0.6) is 0 Å². The summed E-state index contributed by atoms with van der Waals surface area (Å²) in [7, 11) is 0. The highest BCUT2D eigenvalue weighted by Crippen LogP contribution is 2.64. The third kappa shape index (κ3) is 14.3. The maximum Gasteiger partial charge on any atom is 0.115 e. The Labute approximate surface area is 791 Å². The highest BCUT2D eigenvalue weighted by Gasteiger charge is 2.52. The number of fused-ring (bicyclic) bond motifs is 16. The van der Waals surface area contributed by atoms with Crippen LogP contribution in [-0.4, -0.2) is 64.4 Å². The monoisotopic (exact) mass is 1750 g/mol. The van der Waals surface area contributed by atoms with E-state index in [2.05, 4.69) is 392 Å². The molecule has 26 rings (SSSR count). The second-order valence-corrected chi connectivity index (χ2v) is 35.7. The molecule has 0 amide bonds. The fourth-order valence-electron chi connectivity index (χ4n) is 21.0. The zero-order valence-corrected chi connectivity index (χ0v) is 74.6. The van der Waals surface area contributed by atoms with Crippen LogP contribution in [0.25, 0.3) is 218 Å². The summed E-state index contributed by atoms with van der Waals surface area (Å²) in [6.45, 7) is 4.71. The third-order valence-electron chi connectivity index (χ3n) is 27.4. The van der Waals surface area contributed by atoms with Crippen LogP contribution < -0.4 is 0 Å². The van der Waals surface area contributed by atoms with Gasteiger partial charge in [0, 0.05) is 116 Å². The Morgan fingerprint density at radius 1 is 0.175 bits per heavy atom. The molecule has 642 valence electrons. The molecule has 0 bridgehead atoms. The number of rotatable bonds is 15. The van der Waals surface area contributed by atoms with E-state index in [0.29, 0.717) is 0 Å². The lowest BCUT2D eigenvalue weighted by molar-refractivity contribution is 0.661. The van der Waals surface area contributed by atoms with Gasteiger partial charge < -0.3 is 4.57 Å². The molecular formula is C124H81N13. The van der Waals surface area contributed by atoms with Crippen LogP contribution in [0, 0.1) is 0 Å². The van der Waals surface area contributed by atoms with Gasteiger partial charge in [-0.25, -0.2) is 59.8 Å². The van der Waals surface area contributed by atoms with Gasteiger partial charge in [0.2, 0.25) is 0 Å². The maximum atomic E-state index is 5.07. The number of para-hydroxylation sites is 1. The van der Waals surface area contributed by atoms with Crippen molar-refractivity contribution in [2.24, 2.45) is 0 Å². The van der Waals surface area contributed by atoms with E-state index in [4.69, 9.17) is 19.9 Å². The van der Waals surface area contributed by atoms with Gasteiger partial charge in [-0.2, -0.15) is 0 Å². The Hall–Kier alpha value is -18.2. The molecule has 1 spiro atoms. The van der Waals surface area contributed by atoms with Gasteiger partial charge in [-0.05, 0) is 285 Å². The molecule has 0 unspecified atom stereocenters. The topological polar surface area (TPSA) is 160 Å². The van der Waals surface area contributed by atoms with Crippen molar-refractivity contribution in [1.29, 1.82) is 0 Å². The van der Waals surface area contributed by atoms with E-state index in [1.165, 1.54) is 114 Å². The first-order valence-corrected chi connectivity index (χ1v) is 46.0. The van der Waals surface area contributed by atoms with Gasteiger partial charge in [0.15, 0.2) is 0 Å². The summed E-state index contributed by atoms with van der Waals surface area (Å²) < 4.78 is 2.44. The van der Waals surface area contributed by atoms with Gasteiger partial charge in [0.25, 0.3) is 0 Å². The van der Waals surface area contributed by atoms with Crippen LogP contribution >= 0.6 is 0 Å². The van der Waals surface area contributed by atoms with Crippen molar-refractivity contribution >= 4 is 21.8 Å². The smallest absolute Gasteiger partial charge is 0.115 e. The van der Waals surface area contributed by atoms with E-state index >= 15 is 0 Å². The molecule has 23 aromatic rings. The van der Waals surface area contributed by atoms with E-state index < -0.39 is 5.41 Å². The SMILES string of the molecule is CC1(C)c2ccccc2-c2cc3c4cc(-c5cc(-c6cccc(-c7cccc(-c8cncnc8)n7)c6)cc(-c6cccc(-c7cccc(-c8cncnc8)n7)c6)c5)ccc4n(-c4ccccc4)c3cc21.c1cc(-c2cc(-c3cccc(-c4cccc(-c5cncnc5)n4)c3)cc(-c3ccc4c(c3)C3(c5ccccc5-c5ccccc53)c3ccccc3-4)c2)cc(-c2cccc(-c3cncnc3)n2)c1. The zero-order chi connectivity index (χ0) is 91.1. The zero-order valence-electron chi connectivity index (χ0n) is 74.6.